The number of thiophene rings is 1. The van der Waals surface area contributed by atoms with E-state index in [1.807, 2.05) is 6.07 Å². The third kappa shape index (κ3) is 3.40. The maximum atomic E-state index is 10.6. The molecule has 72 valence electrons. The zero-order chi connectivity index (χ0) is 10.1. The predicted octanol–water partition coefficient (Wildman–Crippen LogP) is 3.34. The fourth-order valence-corrected chi connectivity index (χ4v) is 3.29. The van der Waals surface area contributed by atoms with Gasteiger partial charge in [-0.15, -0.1) is 23.1 Å². The van der Waals surface area contributed by atoms with Crippen LogP contribution in [0.4, 0.5) is 0 Å². The number of hydrogen-bond donors (Lipinski definition) is 1. The van der Waals surface area contributed by atoms with Crippen molar-refractivity contribution in [2.24, 2.45) is 0 Å². The van der Waals surface area contributed by atoms with E-state index in [0.29, 0.717) is 4.88 Å². The standard InChI is InChI=1S/C9H12O2S2/c1-9(2,3)13-7-5-4-6(12-7)8(10)11/h4-5H,1-3H3,(H,10,11). The normalized spacial score (nSPS) is 11.6. The molecule has 0 aliphatic rings. The van der Waals surface area contributed by atoms with Crippen LogP contribution in [0.3, 0.4) is 0 Å². The molecule has 13 heavy (non-hydrogen) atoms. The SMILES string of the molecule is CC(C)(C)Sc1ccc(C(=O)O)s1. The van der Waals surface area contributed by atoms with Crippen LogP contribution in [0.5, 0.6) is 0 Å². The van der Waals surface area contributed by atoms with Crippen LogP contribution in [0, 0.1) is 0 Å². The number of aromatic carboxylic acids is 1. The first kappa shape index (κ1) is 10.6. The summed E-state index contributed by atoms with van der Waals surface area (Å²) in [4.78, 5) is 11.0. The third-order valence-electron chi connectivity index (χ3n) is 1.20. The molecule has 4 heteroatoms. The Balaban J connectivity index is 2.75. The van der Waals surface area contributed by atoms with E-state index in [0.717, 1.165) is 4.21 Å². The molecule has 0 spiro atoms. The van der Waals surface area contributed by atoms with Crippen LogP contribution in [0.1, 0.15) is 30.4 Å². The number of hydrogen-bond acceptors (Lipinski definition) is 3. The van der Waals surface area contributed by atoms with E-state index in [4.69, 9.17) is 5.11 Å². The Morgan fingerprint density at radius 1 is 1.46 bits per heavy atom. The van der Waals surface area contributed by atoms with Gasteiger partial charge in [-0.2, -0.15) is 0 Å². The summed E-state index contributed by atoms with van der Waals surface area (Å²) in [6.07, 6.45) is 0. The Bertz CT molecular complexity index is 310. The van der Waals surface area contributed by atoms with Gasteiger partial charge in [-0.25, -0.2) is 4.79 Å². The number of carboxylic acids is 1. The summed E-state index contributed by atoms with van der Waals surface area (Å²) in [7, 11) is 0. The van der Waals surface area contributed by atoms with E-state index in [2.05, 4.69) is 20.8 Å². The lowest BCUT2D eigenvalue weighted by atomic mass is 10.3. The molecule has 1 heterocycles. The van der Waals surface area contributed by atoms with E-state index in [1.165, 1.54) is 11.3 Å². The van der Waals surface area contributed by atoms with Crippen LogP contribution in [-0.4, -0.2) is 15.8 Å². The third-order valence-corrected chi connectivity index (χ3v) is 3.52. The number of thioether (sulfide) groups is 1. The fourth-order valence-electron chi connectivity index (χ4n) is 0.792. The quantitative estimate of drug-likeness (QED) is 0.770. The molecule has 0 aliphatic heterocycles. The zero-order valence-electron chi connectivity index (χ0n) is 7.83. The molecule has 1 aromatic rings. The van der Waals surface area contributed by atoms with Crippen LogP contribution in [0.15, 0.2) is 16.3 Å². The van der Waals surface area contributed by atoms with Crippen molar-refractivity contribution >= 4 is 29.1 Å². The Kier molecular flexibility index (Phi) is 3.03. The van der Waals surface area contributed by atoms with Gasteiger partial charge < -0.3 is 5.11 Å². The van der Waals surface area contributed by atoms with Crippen molar-refractivity contribution in [1.29, 1.82) is 0 Å². The zero-order valence-corrected chi connectivity index (χ0v) is 9.46. The van der Waals surface area contributed by atoms with Crippen molar-refractivity contribution in [3.8, 4) is 0 Å². The first-order valence-electron chi connectivity index (χ1n) is 3.90. The van der Waals surface area contributed by atoms with E-state index >= 15 is 0 Å². The van der Waals surface area contributed by atoms with Gasteiger partial charge in [0, 0.05) is 4.75 Å². The van der Waals surface area contributed by atoms with E-state index in [-0.39, 0.29) is 4.75 Å². The molecule has 0 amide bonds. The fraction of sp³-hybridized carbons (Fsp3) is 0.444. The first-order valence-corrected chi connectivity index (χ1v) is 5.54. The summed E-state index contributed by atoms with van der Waals surface area (Å²) in [6, 6.07) is 3.52. The molecule has 1 aromatic heterocycles. The molecule has 0 bridgehead atoms. The largest absolute Gasteiger partial charge is 0.477 e. The van der Waals surface area contributed by atoms with Gasteiger partial charge in [0.15, 0.2) is 0 Å². The Labute approximate surface area is 86.0 Å². The minimum atomic E-state index is -0.842. The summed E-state index contributed by atoms with van der Waals surface area (Å²) >= 11 is 3.03. The summed E-state index contributed by atoms with van der Waals surface area (Å²) < 4.78 is 1.20. The van der Waals surface area contributed by atoms with Crippen LogP contribution in [-0.2, 0) is 0 Å². The Morgan fingerprint density at radius 2 is 2.08 bits per heavy atom. The topological polar surface area (TPSA) is 37.3 Å². The molecule has 0 aromatic carbocycles. The molecular weight excluding hydrogens is 204 g/mol. The maximum Gasteiger partial charge on any atom is 0.345 e. The maximum absolute atomic E-state index is 10.6. The molecule has 1 N–H and O–H groups in total. The highest BCUT2D eigenvalue weighted by Crippen LogP contribution is 2.36. The van der Waals surface area contributed by atoms with Crippen LogP contribution in [0.2, 0.25) is 0 Å². The lowest BCUT2D eigenvalue weighted by Gasteiger charge is -2.15. The highest BCUT2D eigenvalue weighted by molar-refractivity contribution is 8.02. The highest BCUT2D eigenvalue weighted by Gasteiger charge is 2.15. The van der Waals surface area contributed by atoms with Gasteiger partial charge in [0.05, 0.1) is 4.21 Å². The molecule has 0 saturated heterocycles. The summed E-state index contributed by atoms with van der Waals surface area (Å²) in [5.41, 5.74) is 0. The van der Waals surface area contributed by atoms with E-state index in [9.17, 15) is 4.79 Å². The molecule has 0 fully saturated rings. The van der Waals surface area contributed by atoms with E-state index < -0.39 is 5.97 Å². The highest BCUT2D eigenvalue weighted by atomic mass is 32.2. The van der Waals surface area contributed by atoms with Crippen molar-refractivity contribution in [1.82, 2.24) is 0 Å². The molecule has 0 unspecified atom stereocenters. The lowest BCUT2D eigenvalue weighted by Crippen LogP contribution is -2.05. The second kappa shape index (κ2) is 3.72. The van der Waals surface area contributed by atoms with Crippen molar-refractivity contribution < 1.29 is 9.90 Å². The van der Waals surface area contributed by atoms with Crippen LogP contribution in [0.25, 0.3) is 0 Å². The van der Waals surface area contributed by atoms with Crippen molar-refractivity contribution in [2.75, 3.05) is 0 Å². The predicted molar refractivity (Wildman–Crippen MR) is 56.9 cm³/mol. The average Bonchev–Trinajstić information content (AvgIpc) is 2.31. The minimum absolute atomic E-state index is 0.140. The number of carboxylic acid groups (broad SMARTS) is 1. The van der Waals surface area contributed by atoms with E-state index in [1.54, 1.807) is 17.8 Å². The number of rotatable bonds is 2. The lowest BCUT2D eigenvalue weighted by molar-refractivity contribution is 0.0702. The minimum Gasteiger partial charge on any atom is -0.477 e. The van der Waals surface area contributed by atoms with Gasteiger partial charge >= 0.3 is 5.97 Å². The first-order chi connectivity index (χ1) is 5.88. The number of carbonyl (C=O) groups is 1. The Morgan fingerprint density at radius 3 is 2.46 bits per heavy atom. The summed E-state index contributed by atoms with van der Waals surface area (Å²) in [6.45, 7) is 6.33. The summed E-state index contributed by atoms with van der Waals surface area (Å²) in [5.74, 6) is -0.842. The van der Waals surface area contributed by atoms with Gasteiger partial charge in [-0.3, -0.25) is 0 Å². The van der Waals surface area contributed by atoms with Crippen LogP contribution >= 0.6 is 23.1 Å². The molecule has 0 atom stereocenters. The van der Waals surface area contributed by atoms with Crippen LogP contribution < -0.4 is 0 Å². The monoisotopic (exact) mass is 216 g/mol. The molecule has 0 aliphatic carbocycles. The van der Waals surface area contributed by atoms with Gasteiger partial charge in [-0.05, 0) is 12.1 Å². The molecule has 1 rings (SSSR count). The Hall–Kier alpha value is -0.480. The molecule has 2 nitrogen and oxygen atoms in total. The van der Waals surface area contributed by atoms with Crippen molar-refractivity contribution in [3.63, 3.8) is 0 Å². The second-order valence-corrected chi connectivity index (χ2v) is 6.85. The second-order valence-electron chi connectivity index (χ2n) is 3.64. The molecular formula is C9H12O2S2. The average molecular weight is 216 g/mol. The summed E-state index contributed by atoms with van der Waals surface area (Å²) in [5, 5.41) is 8.70. The van der Waals surface area contributed by atoms with Gasteiger partial charge in [-0.1, -0.05) is 20.8 Å². The molecule has 0 saturated carbocycles. The van der Waals surface area contributed by atoms with Gasteiger partial charge in [0.25, 0.3) is 0 Å². The van der Waals surface area contributed by atoms with Crippen molar-refractivity contribution in [3.05, 3.63) is 17.0 Å². The van der Waals surface area contributed by atoms with Gasteiger partial charge in [0.2, 0.25) is 0 Å². The smallest absolute Gasteiger partial charge is 0.345 e. The van der Waals surface area contributed by atoms with Gasteiger partial charge in [0.1, 0.15) is 4.88 Å². The molecule has 0 radical (unpaired) electrons. The van der Waals surface area contributed by atoms with Crippen molar-refractivity contribution in [2.45, 2.75) is 29.7 Å².